The van der Waals surface area contributed by atoms with Gasteiger partial charge in [-0.15, -0.1) is 10.2 Å². The molecular weight excluding hydrogens is 250 g/mol. The summed E-state index contributed by atoms with van der Waals surface area (Å²) in [5.41, 5.74) is 0.137. The predicted molar refractivity (Wildman–Crippen MR) is 67.2 cm³/mol. The van der Waals surface area contributed by atoms with Gasteiger partial charge in [0.2, 0.25) is 0 Å². The molecule has 1 aromatic carbocycles. The molecule has 0 spiro atoms. The SMILES string of the molecule is Cc1nnc(C)n1N=Cc1cc([N+](=O)[O-])ccc1O. The molecule has 0 atom stereocenters. The fourth-order valence-electron chi connectivity index (χ4n) is 1.51. The van der Waals surface area contributed by atoms with E-state index >= 15 is 0 Å². The Morgan fingerprint density at radius 3 is 2.58 bits per heavy atom. The molecule has 2 aromatic rings. The Hall–Kier alpha value is -2.77. The first-order chi connectivity index (χ1) is 8.99. The third kappa shape index (κ3) is 2.57. The molecule has 8 heteroatoms. The van der Waals surface area contributed by atoms with Gasteiger partial charge < -0.3 is 5.11 Å². The summed E-state index contributed by atoms with van der Waals surface area (Å²) in [6, 6.07) is 3.72. The highest BCUT2D eigenvalue weighted by molar-refractivity contribution is 5.84. The molecule has 0 fully saturated rings. The molecule has 0 aliphatic heterocycles. The first-order valence-corrected chi connectivity index (χ1v) is 5.39. The Balaban J connectivity index is 2.38. The summed E-state index contributed by atoms with van der Waals surface area (Å²) in [6.07, 6.45) is 1.33. The van der Waals surface area contributed by atoms with Gasteiger partial charge in [-0.25, -0.2) is 4.68 Å². The fraction of sp³-hybridized carbons (Fsp3) is 0.182. The minimum Gasteiger partial charge on any atom is -0.507 e. The van der Waals surface area contributed by atoms with E-state index in [1.807, 2.05) is 0 Å². The van der Waals surface area contributed by atoms with Crippen molar-refractivity contribution in [3.63, 3.8) is 0 Å². The summed E-state index contributed by atoms with van der Waals surface area (Å²) < 4.78 is 1.47. The van der Waals surface area contributed by atoms with Crippen molar-refractivity contribution in [2.45, 2.75) is 13.8 Å². The third-order valence-electron chi connectivity index (χ3n) is 2.49. The summed E-state index contributed by atoms with van der Waals surface area (Å²) in [7, 11) is 0. The van der Waals surface area contributed by atoms with Crippen molar-refractivity contribution in [1.82, 2.24) is 14.9 Å². The van der Waals surface area contributed by atoms with Crippen molar-refractivity contribution in [3.05, 3.63) is 45.5 Å². The van der Waals surface area contributed by atoms with Gasteiger partial charge in [0.25, 0.3) is 5.69 Å². The van der Waals surface area contributed by atoms with Crippen LogP contribution in [0.4, 0.5) is 5.69 Å². The largest absolute Gasteiger partial charge is 0.507 e. The van der Waals surface area contributed by atoms with Crippen LogP contribution in [-0.2, 0) is 0 Å². The van der Waals surface area contributed by atoms with Crippen LogP contribution in [0.15, 0.2) is 23.3 Å². The van der Waals surface area contributed by atoms with Gasteiger partial charge in [0, 0.05) is 17.7 Å². The average molecular weight is 261 g/mol. The molecule has 0 saturated carbocycles. The standard InChI is InChI=1S/C11H11N5O3/c1-7-13-14-8(2)15(7)12-6-9-5-10(16(18)19)3-4-11(9)17/h3-6,17H,1-2H3. The van der Waals surface area contributed by atoms with E-state index in [4.69, 9.17) is 0 Å². The van der Waals surface area contributed by atoms with Crippen molar-refractivity contribution >= 4 is 11.9 Å². The van der Waals surface area contributed by atoms with Crippen LogP contribution in [0, 0.1) is 24.0 Å². The van der Waals surface area contributed by atoms with Crippen LogP contribution in [0.3, 0.4) is 0 Å². The first kappa shape index (κ1) is 12.7. The number of benzene rings is 1. The van der Waals surface area contributed by atoms with Crippen LogP contribution in [-0.4, -0.2) is 31.1 Å². The van der Waals surface area contributed by atoms with Gasteiger partial charge in [0.15, 0.2) is 11.6 Å². The summed E-state index contributed by atoms with van der Waals surface area (Å²) in [5.74, 6) is 1.08. The van der Waals surface area contributed by atoms with E-state index in [0.717, 1.165) is 0 Å². The van der Waals surface area contributed by atoms with E-state index in [1.165, 1.54) is 29.1 Å². The molecule has 2 rings (SSSR count). The molecule has 0 amide bonds. The summed E-state index contributed by atoms with van der Waals surface area (Å²) in [4.78, 5) is 10.1. The van der Waals surface area contributed by atoms with Crippen LogP contribution in [0.2, 0.25) is 0 Å². The lowest BCUT2D eigenvalue weighted by atomic mass is 10.2. The molecule has 0 aliphatic rings. The molecule has 1 heterocycles. The van der Waals surface area contributed by atoms with E-state index in [0.29, 0.717) is 11.6 Å². The van der Waals surface area contributed by atoms with Crippen LogP contribution < -0.4 is 0 Å². The monoisotopic (exact) mass is 261 g/mol. The van der Waals surface area contributed by atoms with E-state index in [1.54, 1.807) is 13.8 Å². The Morgan fingerprint density at radius 1 is 1.37 bits per heavy atom. The Bertz CT molecular complexity index is 643. The van der Waals surface area contributed by atoms with Crippen molar-refractivity contribution in [2.24, 2.45) is 5.10 Å². The lowest BCUT2D eigenvalue weighted by Crippen LogP contribution is -1.97. The van der Waals surface area contributed by atoms with Gasteiger partial charge in [-0.05, 0) is 19.9 Å². The maximum atomic E-state index is 10.7. The number of hydrogen-bond donors (Lipinski definition) is 1. The zero-order valence-corrected chi connectivity index (χ0v) is 10.3. The number of phenols is 1. The van der Waals surface area contributed by atoms with E-state index in [-0.39, 0.29) is 17.0 Å². The maximum Gasteiger partial charge on any atom is 0.270 e. The second-order valence-corrected chi connectivity index (χ2v) is 3.85. The normalized spacial score (nSPS) is 11.1. The number of non-ortho nitro benzene ring substituents is 1. The summed E-state index contributed by atoms with van der Waals surface area (Å²) in [5, 5.41) is 32.0. The molecular formula is C11H11N5O3. The highest BCUT2D eigenvalue weighted by atomic mass is 16.6. The number of phenolic OH excluding ortho intramolecular Hbond substituents is 1. The zero-order valence-electron chi connectivity index (χ0n) is 10.3. The van der Waals surface area contributed by atoms with Gasteiger partial charge in [0.05, 0.1) is 11.1 Å². The smallest absolute Gasteiger partial charge is 0.270 e. The minimum absolute atomic E-state index is 0.0854. The summed E-state index contributed by atoms with van der Waals surface area (Å²) >= 11 is 0. The van der Waals surface area contributed by atoms with Crippen molar-refractivity contribution in [1.29, 1.82) is 0 Å². The predicted octanol–water partition coefficient (Wildman–Crippen LogP) is 1.39. The molecule has 1 N–H and O–H groups in total. The lowest BCUT2D eigenvalue weighted by molar-refractivity contribution is -0.384. The Morgan fingerprint density at radius 2 is 2.00 bits per heavy atom. The topological polar surface area (TPSA) is 106 Å². The van der Waals surface area contributed by atoms with Gasteiger partial charge in [-0.2, -0.15) is 5.10 Å². The number of aryl methyl sites for hydroxylation is 2. The molecule has 0 saturated heterocycles. The molecule has 19 heavy (non-hydrogen) atoms. The molecule has 8 nitrogen and oxygen atoms in total. The van der Waals surface area contributed by atoms with Crippen LogP contribution >= 0.6 is 0 Å². The van der Waals surface area contributed by atoms with Crippen molar-refractivity contribution in [3.8, 4) is 5.75 Å². The third-order valence-corrected chi connectivity index (χ3v) is 2.49. The average Bonchev–Trinajstić information content (AvgIpc) is 2.68. The zero-order chi connectivity index (χ0) is 14.0. The highest BCUT2D eigenvalue weighted by Gasteiger charge is 2.09. The Labute approximate surface area is 108 Å². The van der Waals surface area contributed by atoms with E-state index in [9.17, 15) is 15.2 Å². The van der Waals surface area contributed by atoms with Gasteiger partial charge in [-0.3, -0.25) is 10.1 Å². The number of nitro benzene ring substituents is 1. The molecule has 1 aromatic heterocycles. The minimum atomic E-state index is -0.536. The lowest BCUT2D eigenvalue weighted by Gasteiger charge is -2.00. The highest BCUT2D eigenvalue weighted by Crippen LogP contribution is 2.21. The number of hydrogen-bond acceptors (Lipinski definition) is 6. The molecule has 0 unspecified atom stereocenters. The first-order valence-electron chi connectivity index (χ1n) is 5.39. The van der Waals surface area contributed by atoms with E-state index in [2.05, 4.69) is 15.3 Å². The quantitative estimate of drug-likeness (QED) is 0.510. The molecule has 0 radical (unpaired) electrons. The van der Waals surface area contributed by atoms with Gasteiger partial charge in [0.1, 0.15) is 5.75 Å². The molecule has 0 bridgehead atoms. The number of nitro groups is 1. The second-order valence-electron chi connectivity index (χ2n) is 3.85. The van der Waals surface area contributed by atoms with Crippen LogP contribution in [0.1, 0.15) is 17.2 Å². The maximum absolute atomic E-state index is 10.7. The van der Waals surface area contributed by atoms with Gasteiger partial charge >= 0.3 is 0 Å². The Kier molecular flexibility index (Phi) is 3.23. The van der Waals surface area contributed by atoms with Crippen molar-refractivity contribution in [2.75, 3.05) is 0 Å². The van der Waals surface area contributed by atoms with Gasteiger partial charge in [-0.1, -0.05) is 0 Å². The van der Waals surface area contributed by atoms with Crippen LogP contribution in [0.25, 0.3) is 0 Å². The second kappa shape index (κ2) is 4.84. The van der Waals surface area contributed by atoms with Crippen molar-refractivity contribution < 1.29 is 10.0 Å². The fourth-order valence-corrected chi connectivity index (χ4v) is 1.51. The van der Waals surface area contributed by atoms with E-state index < -0.39 is 4.92 Å². The number of aromatic hydroxyl groups is 1. The number of rotatable bonds is 3. The molecule has 0 aliphatic carbocycles. The number of nitrogens with zero attached hydrogens (tertiary/aromatic N) is 5. The number of aromatic nitrogens is 3. The van der Waals surface area contributed by atoms with Crippen LogP contribution in [0.5, 0.6) is 5.75 Å². The summed E-state index contributed by atoms with van der Waals surface area (Å²) in [6.45, 7) is 3.45. The molecule has 98 valence electrons.